The number of likely N-dealkylation sites (tertiary alicyclic amines) is 1. The van der Waals surface area contributed by atoms with E-state index in [-0.39, 0.29) is 11.8 Å². The van der Waals surface area contributed by atoms with Crippen LogP contribution in [0.3, 0.4) is 0 Å². The van der Waals surface area contributed by atoms with E-state index in [4.69, 9.17) is 5.73 Å². The molecule has 1 aromatic rings. The number of amides is 2. The first-order valence-electron chi connectivity index (χ1n) is 5.33. The van der Waals surface area contributed by atoms with Gasteiger partial charge in [0.05, 0.1) is 0 Å². The molecular weight excluding hydrogens is 302 g/mol. The highest BCUT2D eigenvalue weighted by Gasteiger charge is 2.32. The van der Waals surface area contributed by atoms with Crippen LogP contribution in [-0.2, 0) is 9.59 Å². The number of piperidine rings is 1. The van der Waals surface area contributed by atoms with E-state index in [1.54, 1.807) is 0 Å². The summed E-state index contributed by atoms with van der Waals surface area (Å²) >= 11 is 3.25. The van der Waals surface area contributed by atoms with Gasteiger partial charge < -0.3 is 11.1 Å². The third kappa shape index (κ3) is 2.28. The Morgan fingerprint density at radius 2 is 2.22 bits per heavy atom. The molecule has 1 fully saturated rings. The standard InChI is InChI=1S/C10H12BrN5O2/c1-16-6(17)3-2-5(10(16)18)15-9-7(11)8(12)13-4-14-9/h4-5H,2-3H2,1H3,(H3,12,13,14,15). The van der Waals surface area contributed by atoms with Gasteiger partial charge in [0.25, 0.3) is 5.91 Å². The number of imide groups is 1. The first-order chi connectivity index (χ1) is 8.50. The Morgan fingerprint density at radius 1 is 1.50 bits per heavy atom. The lowest BCUT2D eigenvalue weighted by Gasteiger charge is -2.28. The highest BCUT2D eigenvalue weighted by Crippen LogP contribution is 2.26. The Bertz CT molecular complexity index is 507. The summed E-state index contributed by atoms with van der Waals surface area (Å²) in [6, 6.07) is -0.474. The van der Waals surface area contributed by atoms with Crippen molar-refractivity contribution < 1.29 is 9.59 Å². The number of nitrogens with zero attached hydrogens (tertiary/aromatic N) is 3. The van der Waals surface area contributed by atoms with E-state index in [1.165, 1.54) is 13.4 Å². The van der Waals surface area contributed by atoms with Crippen LogP contribution in [0, 0.1) is 0 Å². The smallest absolute Gasteiger partial charge is 0.251 e. The first kappa shape index (κ1) is 12.7. The van der Waals surface area contributed by atoms with Crippen molar-refractivity contribution in [2.75, 3.05) is 18.1 Å². The zero-order valence-electron chi connectivity index (χ0n) is 9.68. The second-order valence-corrected chi connectivity index (χ2v) is 4.74. The summed E-state index contributed by atoms with van der Waals surface area (Å²) in [5.74, 6) is 0.304. The Labute approximate surface area is 112 Å². The lowest BCUT2D eigenvalue weighted by molar-refractivity contribution is -0.146. The summed E-state index contributed by atoms with van der Waals surface area (Å²) in [6.07, 6.45) is 2.08. The van der Waals surface area contributed by atoms with Crippen LogP contribution in [0.25, 0.3) is 0 Å². The van der Waals surface area contributed by atoms with E-state index < -0.39 is 6.04 Å². The third-order valence-electron chi connectivity index (χ3n) is 2.78. The average Bonchev–Trinajstić information content (AvgIpc) is 2.35. The van der Waals surface area contributed by atoms with E-state index in [1.807, 2.05) is 0 Å². The minimum absolute atomic E-state index is 0.167. The zero-order chi connectivity index (χ0) is 13.3. The monoisotopic (exact) mass is 313 g/mol. The molecule has 0 spiro atoms. The number of nitrogens with one attached hydrogen (secondary N) is 1. The Balaban J connectivity index is 2.17. The number of halogens is 1. The quantitative estimate of drug-likeness (QED) is 0.765. The zero-order valence-corrected chi connectivity index (χ0v) is 11.3. The van der Waals surface area contributed by atoms with Gasteiger partial charge in [0.15, 0.2) is 0 Å². The van der Waals surface area contributed by atoms with Crippen LogP contribution >= 0.6 is 15.9 Å². The molecule has 18 heavy (non-hydrogen) atoms. The van der Waals surface area contributed by atoms with Crippen molar-refractivity contribution in [3.05, 3.63) is 10.8 Å². The number of carbonyl (C=O) groups is 2. The molecule has 2 amide bonds. The summed E-state index contributed by atoms with van der Waals surface area (Å²) in [7, 11) is 1.47. The topological polar surface area (TPSA) is 101 Å². The average molecular weight is 314 g/mol. The minimum Gasteiger partial charge on any atom is -0.383 e. The molecule has 2 heterocycles. The van der Waals surface area contributed by atoms with E-state index in [2.05, 4.69) is 31.2 Å². The third-order valence-corrected chi connectivity index (χ3v) is 3.56. The second-order valence-electron chi connectivity index (χ2n) is 3.95. The van der Waals surface area contributed by atoms with Gasteiger partial charge in [-0.3, -0.25) is 14.5 Å². The summed E-state index contributed by atoms with van der Waals surface area (Å²) in [5.41, 5.74) is 5.62. The Kier molecular flexibility index (Phi) is 3.46. The predicted molar refractivity (Wildman–Crippen MR) is 68.6 cm³/mol. The number of rotatable bonds is 2. The van der Waals surface area contributed by atoms with Gasteiger partial charge in [0.1, 0.15) is 28.5 Å². The van der Waals surface area contributed by atoms with Gasteiger partial charge >= 0.3 is 0 Å². The van der Waals surface area contributed by atoms with Crippen LogP contribution in [-0.4, -0.2) is 39.8 Å². The molecule has 0 bridgehead atoms. The molecule has 1 atom stereocenters. The molecule has 0 aromatic carbocycles. The second kappa shape index (κ2) is 4.89. The Morgan fingerprint density at radius 3 is 2.94 bits per heavy atom. The molecule has 0 aliphatic carbocycles. The van der Waals surface area contributed by atoms with Crippen LogP contribution in [0.1, 0.15) is 12.8 Å². The normalized spacial score (nSPS) is 20.1. The number of aromatic nitrogens is 2. The van der Waals surface area contributed by atoms with Crippen molar-refractivity contribution in [2.45, 2.75) is 18.9 Å². The largest absolute Gasteiger partial charge is 0.383 e. The fraction of sp³-hybridized carbons (Fsp3) is 0.400. The maximum absolute atomic E-state index is 11.9. The molecule has 0 radical (unpaired) electrons. The molecule has 1 aliphatic rings. The van der Waals surface area contributed by atoms with E-state index in [9.17, 15) is 9.59 Å². The first-order valence-corrected chi connectivity index (χ1v) is 6.13. The van der Waals surface area contributed by atoms with Crippen molar-refractivity contribution in [3.63, 3.8) is 0 Å². The van der Waals surface area contributed by atoms with Gasteiger partial charge in [0.2, 0.25) is 5.91 Å². The molecule has 2 rings (SSSR count). The van der Waals surface area contributed by atoms with Gasteiger partial charge in [0, 0.05) is 13.5 Å². The number of nitrogen functional groups attached to an aromatic ring is 1. The molecule has 1 aliphatic heterocycles. The van der Waals surface area contributed by atoms with Gasteiger partial charge in [-0.1, -0.05) is 0 Å². The number of hydrogen-bond donors (Lipinski definition) is 2. The number of anilines is 2. The molecule has 1 unspecified atom stereocenters. The molecule has 0 saturated carbocycles. The summed E-state index contributed by atoms with van der Waals surface area (Å²) in [4.78, 5) is 32.2. The fourth-order valence-electron chi connectivity index (χ4n) is 1.70. The van der Waals surface area contributed by atoms with Gasteiger partial charge in [-0.05, 0) is 22.4 Å². The van der Waals surface area contributed by atoms with Crippen molar-refractivity contribution in [1.82, 2.24) is 14.9 Å². The predicted octanol–water partition coefficient (Wildman–Crippen LogP) is 0.381. The van der Waals surface area contributed by atoms with E-state index in [0.717, 1.165) is 4.90 Å². The maximum Gasteiger partial charge on any atom is 0.251 e. The molecule has 8 heteroatoms. The lowest BCUT2D eigenvalue weighted by atomic mass is 10.0. The minimum atomic E-state index is -0.474. The number of likely N-dealkylation sites (N-methyl/N-ethyl adjacent to an activating group) is 1. The van der Waals surface area contributed by atoms with Crippen molar-refractivity contribution in [2.24, 2.45) is 0 Å². The number of hydrogen-bond acceptors (Lipinski definition) is 6. The summed E-state index contributed by atoms with van der Waals surface area (Å²) in [5, 5.41) is 2.97. The number of nitrogens with two attached hydrogens (primary N) is 1. The molecule has 1 aromatic heterocycles. The van der Waals surface area contributed by atoms with Gasteiger partial charge in [-0.2, -0.15) is 0 Å². The van der Waals surface area contributed by atoms with Crippen molar-refractivity contribution in [1.29, 1.82) is 0 Å². The SMILES string of the molecule is CN1C(=O)CCC(Nc2ncnc(N)c2Br)C1=O. The van der Waals surface area contributed by atoms with Crippen molar-refractivity contribution >= 4 is 39.4 Å². The fourth-order valence-corrected chi connectivity index (χ4v) is 2.02. The van der Waals surface area contributed by atoms with Crippen molar-refractivity contribution in [3.8, 4) is 0 Å². The van der Waals surface area contributed by atoms with E-state index in [0.29, 0.717) is 29.0 Å². The summed E-state index contributed by atoms with van der Waals surface area (Å²) in [6.45, 7) is 0. The van der Waals surface area contributed by atoms with Crippen LogP contribution in [0.15, 0.2) is 10.8 Å². The molecule has 1 saturated heterocycles. The van der Waals surface area contributed by atoms with Crippen LogP contribution in [0.2, 0.25) is 0 Å². The lowest BCUT2D eigenvalue weighted by Crippen LogP contribution is -2.48. The van der Waals surface area contributed by atoms with Crippen LogP contribution < -0.4 is 11.1 Å². The molecule has 7 nitrogen and oxygen atoms in total. The summed E-state index contributed by atoms with van der Waals surface area (Å²) < 4.78 is 0.511. The highest BCUT2D eigenvalue weighted by molar-refractivity contribution is 9.10. The van der Waals surface area contributed by atoms with Crippen LogP contribution in [0.5, 0.6) is 0 Å². The number of carbonyl (C=O) groups excluding carboxylic acids is 2. The highest BCUT2D eigenvalue weighted by atomic mass is 79.9. The Hall–Kier alpha value is -1.70. The van der Waals surface area contributed by atoms with Crippen LogP contribution in [0.4, 0.5) is 11.6 Å². The molecule has 3 N–H and O–H groups in total. The van der Waals surface area contributed by atoms with E-state index >= 15 is 0 Å². The molecular formula is C10H12BrN5O2. The molecule has 96 valence electrons. The maximum atomic E-state index is 11.9. The van der Waals surface area contributed by atoms with Gasteiger partial charge in [-0.15, -0.1) is 0 Å². The van der Waals surface area contributed by atoms with Gasteiger partial charge in [-0.25, -0.2) is 9.97 Å².